The van der Waals surface area contributed by atoms with Crippen molar-refractivity contribution in [3.63, 3.8) is 0 Å². The molecule has 0 saturated heterocycles. The van der Waals surface area contributed by atoms with E-state index in [-0.39, 0.29) is 17.2 Å². The Kier molecular flexibility index (Phi) is 3.93. The van der Waals surface area contributed by atoms with Crippen LogP contribution in [0, 0.1) is 6.92 Å². The molecular formula is C14H21N3O2. The lowest BCUT2D eigenvalue weighted by Gasteiger charge is -2.13. The molecule has 0 spiro atoms. The van der Waals surface area contributed by atoms with Crippen LogP contribution in [-0.2, 0) is 0 Å². The van der Waals surface area contributed by atoms with Crippen LogP contribution in [0.2, 0.25) is 0 Å². The number of unbranched alkanes of at least 4 members (excludes halogenated alkanes) is 2. The summed E-state index contributed by atoms with van der Waals surface area (Å²) in [7, 11) is 0. The zero-order valence-corrected chi connectivity index (χ0v) is 11.7. The molecule has 2 heterocycles. The van der Waals surface area contributed by atoms with Crippen molar-refractivity contribution in [2.24, 2.45) is 0 Å². The highest BCUT2D eigenvalue weighted by atomic mass is 16.1. The first-order valence-corrected chi connectivity index (χ1v) is 6.88. The molecule has 1 atom stereocenters. The van der Waals surface area contributed by atoms with Crippen molar-refractivity contribution >= 4 is 11.0 Å². The third-order valence-electron chi connectivity index (χ3n) is 3.58. The standard InChI is InChI=1S/C14H21N3O2/c1-4-5-6-7-10(3)17-13-12(14(19)16-17)9(2)8-11(18)15-13/h8,10H,4-7H2,1-3H3,(H,15,18)(H,16,19)/t10-/m0/s1. The lowest BCUT2D eigenvalue weighted by molar-refractivity contribution is 0.445. The minimum atomic E-state index is -0.168. The van der Waals surface area contributed by atoms with Gasteiger partial charge in [-0.15, -0.1) is 0 Å². The molecule has 0 amide bonds. The molecule has 0 aliphatic carbocycles. The summed E-state index contributed by atoms with van der Waals surface area (Å²) < 4.78 is 1.79. The van der Waals surface area contributed by atoms with Gasteiger partial charge in [0.05, 0.1) is 5.39 Å². The Morgan fingerprint density at radius 2 is 2.05 bits per heavy atom. The molecule has 5 heteroatoms. The average Bonchev–Trinajstić information content (AvgIpc) is 2.66. The Morgan fingerprint density at radius 3 is 2.74 bits per heavy atom. The van der Waals surface area contributed by atoms with Gasteiger partial charge in [0.25, 0.3) is 5.56 Å². The van der Waals surface area contributed by atoms with E-state index in [1.54, 1.807) is 11.6 Å². The maximum absolute atomic E-state index is 12.0. The van der Waals surface area contributed by atoms with Crippen LogP contribution in [0.4, 0.5) is 0 Å². The molecule has 2 aromatic heterocycles. The van der Waals surface area contributed by atoms with Crippen LogP contribution in [0.15, 0.2) is 15.7 Å². The number of nitrogens with one attached hydrogen (secondary N) is 2. The normalized spacial score (nSPS) is 13.0. The van der Waals surface area contributed by atoms with Gasteiger partial charge in [0, 0.05) is 12.1 Å². The summed E-state index contributed by atoms with van der Waals surface area (Å²) in [5.41, 5.74) is 1.03. The SMILES string of the molecule is CCCCC[C@H](C)n1[nH]c(=O)c2c(C)cc(=O)[nH]c21. The van der Waals surface area contributed by atoms with E-state index in [4.69, 9.17) is 0 Å². The van der Waals surface area contributed by atoms with Crippen LogP contribution in [-0.4, -0.2) is 14.8 Å². The molecule has 2 N–H and O–H groups in total. The highest BCUT2D eigenvalue weighted by Crippen LogP contribution is 2.18. The quantitative estimate of drug-likeness (QED) is 0.813. The van der Waals surface area contributed by atoms with E-state index in [9.17, 15) is 9.59 Å². The molecule has 0 aliphatic rings. The lowest BCUT2D eigenvalue weighted by Crippen LogP contribution is -2.12. The summed E-state index contributed by atoms with van der Waals surface area (Å²) in [4.78, 5) is 26.3. The van der Waals surface area contributed by atoms with Crippen LogP contribution in [0.5, 0.6) is 0 Å². The topological polar surface area (TPSA) is 70.7 Å². The Labute approximate surface area is 111 Å². The van der Waals surface area contributed by atoms with Gasteiger partial charge in [-0.1, -0.05) is 26.2 Å². The number of H-pyrrole nitrogens is 2. The van der Waals surface area contributed by atoms with Crippen molar-refractivity contribution in [3.05, 3.63) is 32.3 Å². The predicted molar refractivity (Wildman–Crippen MR) is 76.8 cm³/mol. The second-order valence-electron chi connectivity index (χ2n) is 5.20. The first-order valence-electron chi connectivity index (χ1n) is 6.88. The summed E-state index contributed by atoms with van der Waals surface area (Å²) in [6, 6.07) is 1.64. The molecule has 0 unspecified atom stereocenters. The Balaban J connectivity index is 2.44. The van der Waals surface area contributed by atoms with Crippen LogP contribution in [0.25, 0.3) is 11.0 Å². The third-order valence-corrected chi connectivity index (χ3v) is 3.58. The molecule has 0 fully saturated rings. The van der Waals surface area contributed by atoms with Crippen molar-refractivity contribution in [2.75, 3.05) is 0 Å². The molecule has 104 valence electrons. The van der Waals surface area contributed by atoms with Gasteiger partial charge >= 0.3 is 0 Å². The third kappa shape index (κ3) is 2.64. The van der Waals surface area contributed by atoms with E-state index in [0.717, 1.165) is 18.4 Å². The van der Waals surface area contributed by atoms with E-state index in [2.05, 4.69) is 23.9 Å². The Morgan fingerprint density at radius 1 is 1.32 bits per heavy atom. The second kappa shape index (κ2) is 5.47. The number of aromatic amines is 2. The van der Waals surface area contributed by atoms with E-state index in [1.807, 2.05) is 0 Å². The maximum atomic E-state index is 12.0. The summed E-state index contributed by atoms with van der Waals surface area (Å²) in [6.07, 6.45) is 4.47. The maximum Gasteiger partial charge on any atom is 0.273 e. The number of aromatic nitrogens is 3. The monoisotopic (exact) mass is 263 g/mol. The van der Waals surface area contributed by atoms with E-state index >= 15 is 0 Å². The van der Waals surface area contributed by atoms with Crippen LogP contribution >= 0.6 is 0 Å². The van der Waals surface area contributed by atoms with Gasteiger partial charge in [-0.2, -0.15) is 0 Å². The lowest BCUT2D eigenvalue weighted by atomic mass is 10.1. The van der Waals surface area contributed by atoms with E-state index in [0.29, 0.717) is 11.0 Å². The van der Waals surface area contributed by atoms with Gasteiger partial charge in [0.2, 0.25) is 5.56 Å². The molecule has 0 saturated carbocycles. The van der Waals surface area contributed by atoms with Gasteiger partial charge < -0.3 is 4.98 Å². The average molecular weight is 263 g/mol. The summed E-state index contributed by atoms with van der Waals surface area (Å²) in [5.74, 6) is 0. The summed E-state index contributed by atoms with van der Waals surface area (Å²) in [6.45, 7) is 6.02. The van der Waals surface area contributed by atoms with Crippen molar-refractivity contribution in [3.8, 4) is 0 Å². The van der Waals surface area contributed by atoms with Crippen LogP contribution in [0.3, 0.4) is 0 Å². The molecule has 2 rings (SSSR count). The highest BCUT2D eigenvalue weighted by molar-refractivity contribution is 5.77. The highest BCUT2D eigenvalue weighted by Gasteiger charge is 2.14. The van der Waals surface area contributed by atoms with Crippen LogP contribution < -0.4 is 11.1 Å². The largest absolute Gasteiger partial charge is 0.307 e. The first kappa shape index (κ1) is 13.6. The fourth-order valence-electron chi connectivity index (χ4n) is 2.51. The van der Waals surface area contributed by atoms with Gasteiger partial charge in [-0.25, -0.2) is 0 Å². The van der Waals surface area contributed by atoms with Crippen molar-refractivity contribution in [1.82, 2.24) is 14.8 Å². The number of hydrogen-bond acceptors (Lipinski definition) is 2. The number of aryl methyl sites for hydroxylation is 1. The van der Waals surface area contributed by atoms with Crippen molar-refractivity contribution < 1.29 is 0 Å². The zero-order valence-electron chi connectivity index (χ0n) is 11.7. The van der Waals surface area contributed by atoms with Gasteiger partial charge in [0.1, 0.15) is 5.65 Å². The number of fused-ring (bicyclic) bond motifs is 1. The van der Waals surface area contributed by atoms with Crippen molar-refractivity contribution in [2.45, 2.75) is 52.5 Å². The number of rotatable bonds is 5. The molecule has 0 aliphatic heterocycles. The predicted octanol–water partition coefficient (Wildman–Crippen LogP) is 2.47. The Bertz CT molecular complexity index is 678. The molecule has 19 heavy (non-hydrogen) atoms. The number of nitrogens with zero attached hydrogens (tertiary/aromatic N) is 1. The summed E-state index contributed by atoms with van der Waals surface area (Å²) in [5, 5.41) is 3.42. The molecule has 0 radical (unpaired) electrons. The summed E-state index contributed by atoms with van der Waals surface area (Å²) >= 11 is 0. The smallest absolute Gasteiger partial charge is 0.273 e. The molecule has 0 aromatic carbocycles. The second-order valence-corrected chi connectivity index (χ2v) is 5.20. The van der Waals surface area contributed by atoms with Gasteiger partial charge in [-0.3, -0.25) is 19.4 Å². The molecule has 2 aromatic rings. The fraction of sp³-hybridized carbons (Fsp3) is 0.571. The first-order chi connectivity index (χ1) is 9.04. The molecule has 0 bridgehead atoms. The molecule has 5 nitrogen and oxygen atoms in total. The Hall–Kier alpha value is -1.78. The fourth-order valence-corrected chi connectivity index (χ4v) is 2.51. The van der Waals surface area contributed by atoms with Gasteiger partial charge in [0.15, 0.2) is 0 Å². The molecular weight excluding hydrogens is 242 g/mol. The zero-order chi connectivity index (χ0) is 14.0. The van der Waals surface area contributed by atoms with Gasteiger partial charge in [-0.05, 0) is 25.8 Å². The van der Waals surface area contributed by atoms with E-state index in [1.165, 1.54) is 18.9 Å². The number of hydrogen-bond donors (Lipinski definition) is 2. The van der Waals surface area contributed by atoms with E-state index < -0.39 is 0 Å². The minimum Gasteiger partial charge on any atom is -0.307 e. The van der Waals surface area contributed by atoms with Crippen molar-refractivity contribution in [1.29, 1.82) is 0 Å². The minimum absolute atomic E-state index is 0.133. The number of pyridine rings is 1. The van der Waals surface area contributed by atoms with Crippen LogP contribution in [0.1, 0.15) is 51.1 Å².